The first kappa shape index (κ1) is 25.6. The molecular weight excluding hydrogens is 428 g/mol. The third-order valence-corrected chi connectivity index (χ3v) is 5.21. The number of esters is 1. The van der Waals surface area contributed by atoms with Crippen LogP contribution in [0.1, 0.15) is 60.9 Å². The van der Waals surface area contributed by atoms with Crippen LogP contribution in [0, 0.1) is 5.92 Å². The Hall–Kier alpha value is -3.69. The lowest BCUT2D eigenvalue weighted by molar-refractivity contribution is -0.145. The molecule has 0 aliphatic rings. The number of nitrogens with zero attached hydrogens (tertiary/aromatic N) is 1. The fourth-order valence-corrected chi connectivity index (χ4v) is 3.05. The van der Waals surface area contributed by atoms with Crippen LogP contribution < -0.4 is 22.3 Å². The molecule has 2 rings (SSSR count). The molecule has 0 bridgehead atoms. The minimum absolute atomic E-state index is 0.0675. The quantitative estimate of drug-likeness (QED) is 0.415. The van der Waals surface area contributed by atoms with Gasteiger partial charge in [0.2, 0.25) is 5.78 Å². The molecule has 0 fully saturated rings. The number of hydrogen-bond donors (Lipinski definition) is 3. The molecule has 1 atom stereocenters. The third-order valence-electron chi connectivity index (χ3n) is 5.21. The lowest BCUT2D eigenvalue weighted by Crippen LogP contribution is -2.46. The summed E-state index contributed by atoms with van der Waals surface area (Å²) in [6.45, 7) is 8.84. The van der Waals surface area contributed by atoms with Gasteiger partial charge in [-0.25, -0.2) is 9.59 Å². The van der Waals surface area contributed by atoms with Crippen LogP contribution in [0.3, 0.4) is 0 Å². The molecule has 0 radical (unpaired) electrons. The van der Waals surface area contributed by atoms with Crippen molar-refractivity contribution in [3.63, 3.8) is 0 Å². The molecule has 1 aromatic heterocycles. The maximum absolute atomic E-state index is 12.7. The molecule has 178 valence electrons. The minimum Gasteiger partial charge on any atom is -0.456 e. The zero-order chi connectivity index (χ0) is 25.1. The van der Waals surface area contributed by atoms with Gasteiger partial charge in [-0.15, -0.1) is 0 Å². The Labute approximate surface area is 191 Å². The maximum Gasteiger partial charge on any atom is 0.329 e. The Morgan fingerprint density at radius 1 is 1.12 bits per heavy atom. The molecule has 33 heavy (non-hydrogen) atoms. The molecule has 0 saturated carbocycles. The van der Waals surface area contributed by atoms with E-state index in [9.17, 15) is 24.0 Å². The number of nitrogen functional groups attached to an aromatic ring is 1. The number of nitrogens with one attached hydrogen (secondary N) is 2. The Balaban J connectivity index is 2.11. The normalized spacial score (nSPS) is 12.3. The van der Waals surface area contributed by atoms with Crippen LogP contribution in [0.25, 0.3) is 0 Å². The SMILES string of the molecule is CC(C)[C@H](NC(=O)c1ccc(C(C)(C)C)cc1)C(=O)OCC(=O)c1c(N)n(C)c(=O)[nH]c1=O. The van der Waals surface area contributed by atoms with Gasteiger partial charge in [-0.1, -0.05) is 46.8 Å². The molecule has 0 unspecified atom stereocenters. The number of hydrogen-bond acceptors (Lipinski definition) is 7. The van der Waals surface area contributed by atoms with Crippen molar-refractivity contribution in [1.29, 1.82) is 0 Å². The highest BCUT2D eigenvalue weighted by Gasteiger charge is 2.28. The van der Waals surface area contributed by atoms with Crippen LogP contribution in [-0.4, -0.2) is 39.9 Å². The number of nitrogens with two attached hydrogens (primary N) is 1. The Morgan fingerprint density at radius 3 is 2.21 bits per heavy atom. The van der Waals surface area contributed by atoms with E-state index >= 15 is 0 Å². The number of benzene rings is 1. The number of aromatic amines is 1. The standard InChI is InChI=1S/C23H30N4O6/c1-12(2)17(25-19(29)13-7-9-14(10-8-13)23(3,4)5)21(31)33-11-15(28)16-18(24)27(6)22(32)26-20(16)30/h7-10,12,17H,11,24H2,1-6H3,(H,25,29)(H,26,30,32)/t17-/m0/s1. The van der Waals surface area contributed by atoms with Crippen molar-refractivity contribution >= 4 is 23.5 Å². The van der Waals surface area contributed by atoms with E-state index in [4.69, 9.17) is 10.5 Å². The zero-order valence-corrected chi connectivity index (χ0v) is 19.6. The van der Waals surface area contributed by atoms with Crippen molar-refractivity contribution in [2.75, 3.05) is 12.3 Å². The van der Waals surface area contributed by atoms with Crippen molar-refractivity contribution < 1.29 is 19.1 Å². The van der Waals surface area contributed by atoms with Gasteiger partial charge >= 0.3 is 11.7 Å². The number of anilines is 1. The number of aromatic nitrogens is 2. The predicted molar refractivity (Wildman–Crippen MR) is 123 cm³/mol. The molecule has 0 saturated heterocycles. The van der Waals surface area contributed by atoms with Gasteiger partial charge in [-0.3, -0.25) is 23.9 Å². The second-order valence-electron chi connectivity index (χ2n) is 9.13. The van der Waals surface area contributed by atoms with Gasteiger partial charge < -0.3 is 15.8 Å². The number of amides is 1. The minimum atomic E-state index is -1.02. The van der Waals surface area contributed by atoms with Gasteiger partial charge in [-0.2, -0.15) is 0 Å². The van der Waals surface area contributed by atoms with Crippen LogP contribution >= 0.6 is 0 Å². The number of ether oxygens (including phenoxy) is 1. The highest BCUT2D eigenvalue weighted by molar-refractivity contribution is 6.02. The van der Waals surface area contributed by atoms with E-state index in [-0.39, 0.29) is 17.2 Å². The second kappa shape index (κ2) is 9.85. The summed E-state index contributed by atoms with van der Waals surface area (Å²) in [5.41, 5.74) is 4.84. The van der Waals surface area contributed by atoms with Gasteiger partial charge in [0, 0.05) is 12.6 Å². The zero-order valence-electron chi connectivity index (χ0n) is 19.6. The van der Waals surface area contributed by atoms with E-state index < -0.39 is 47.1 Å². The molecule has 1 heterocycles. The molecule has 4 N–H and O–H groups in total. The molecule has 10 heteroatoms. The molecule has 1 amide bonds. The highest BCUT2D eigenvalue weighted by Crippen LogP contribution is 2.22. The lowest BCUT2D eigenvalue weighted by Gasteiger charge is -2.22. The van der Waals surface area contributed by atoms with Gasteiger partial charge in [0.05, 0.1) is 0 Å². The summed E-state index contributed by atoms with van der Waals surface area (Å²) in [6.07, 6.45) is 0. The average Bonchev–Trinajstić information content (AvgIpc) is 2.73. The fourth-order valence-electron chi connectivity index (χ4n) is 3.05. The molecule has 0 aliphatic heterocycles. The Morgan fingerprint density at radius 2 is 1.70 bits per heavy atom. The van der Waals surface area contributed by atoms with E-state index in [1.54, 1.807) is 26.0 Å². The van der Waals surface area contributed by atoms with E-state index in [1.165, 1.54) is 7.05 Å². The number of H-pyrrole nitrogens is 1. The third kappa shape index (κ3) is 5.97. The molecule has 2 aromatic rings. The van der Waals surface area contributed by atoms with Gasteiger partial charge in [0.1, 0.15) is 17.4 Å². The molecule has 0 spiro atoms. The number of carbonyl (C=O) groups excluding carboxylic acids is 3. The van der Waals surface area contributed by atoms with Crippen LogP contribution in [-0.2, 0) is 22.0 Å². The average molecular weight is 459 g/mol. The summed E-state index contributed by atoms with van der Waals surface area (Å²) in [4.78, 5) is 63.2. The lowest BCUT2D eigenvalue weighted by atomic mass is 9.86. The summed E-state index contributed by atoms with van der Waals surface area (Å²) in [6, 6.07) is 6.04. The van der Waals surface area contributed by atoms with Crippen molar-refractivity contribution in [2.45, 2.75) is 46.1 Å². The molecular formula is C23H30N4O6. The van der Waals surface area contributed by atoms with Crippen molar-refractivity contribution in [3.05, 3.63) is 61.8 Å². The number of carbonyl (C=O) groups is 3. The summed E-state index contributed by atoms with van der Waals surface area (Å²) in [5, 5.41) is 2.63. The highest BCUT2D eigenvalue weighted by atomic mass is 16.5. The Kier molecular flexibility index (Phi) is 7.63. The Bertz CT molecular complexity index is 1170. The van der Waals surface area contributed by atoms with Crippen molar-refractivity contribution in [3.8, 4) is 0 Å². The summed E-state index contributed by atoms with van der Waals surface area (Å²) < 4.78 is 5.96. The second-order valence-corrected chi connectivity index (χ2v) is 9.13. The monoisotopic (exact) mass is 458 g/mol. The van der Waals surface area contributed by atoms with Crippen LogP contribution in [0.2, 0.25) is 0 Å². The molecule has 1 aromatic carbocycles. The largest absolute Gasteiger partial charge is 0.456 e. The predicted octanol–water partition coefficient (Wildman–Crippen LogP) is 1.13. The summed E-state index contributed by atoms with van der Waals surface area (Å²) in [7, 11) is 1.29. The van der Waals surface area contributed by atoms with Crippen molar-refractivity contribution in [2.24, 2.45) is 13.0 Å². The number of rotatable bonds is 7. The van der Waals surface area contributed by atoms with Gasteiger partial charge in [-0.05, 0) is 29.0 Å². The maximum atomic E-state index is 12.7. The number of ketones is 1. The first-order valence-electron chi connectivity index (χ1n) is 10.4. The van der Waals surface area contributed by atoms with E-state index in [2.05, 4.69) is 26.1 Å². The summed E-state index contributed by atoms with van der Waals surface area (Å²) in [5.74, 6) is -2.84. The van der Waals surface area contributed by atoms with Crippen LogP contribution in [0.15, 0.2) is 33.9 Å². The smallest absolute Gasteiger partial charge is 0.329 e. The van der Waals surface area contributed by atoms with Crippen molar-refractivity contribution in [1.82, 2.24) is 14.9 Å². The summed E-state index contributed by atoms with van der Waals surface area (Å²) >= 11 is 0. The van der Waals surface area contributed by atoms with Crippen LogP contribution in [0.4, 0.5) is 5.82 Å². The molecule has 0 aliphatic carbocycles. The van der Waals surface area contributed by atoms with Gasteiger partial charge in [0.15, 0.2) is 6.61 Å². The number of Topliss-reactive ketones (excluding diaryl/α,β-unsaturated/α-hetero) is 1. The van der Waals surface area contributed by atoms with Crippen LogP contribution in [0.5, 0.6) is 0 Å². The molecule has 10 nitrogen and oxygen atoms in total. The first-order valence-corrected chi connectivity index (χ1v) is 10.4. The van der Waals surface area contributed by atoms with E-state index in [0.29, 0.717) is 5.56 Å². The van der Waals surface area contributed by atoms with Gasteiger partial charge in [0.25, 0.3) is 11.5 Å². The topological polar surface area (TPSA) is 153 Å². The van der Waals surface area contributed by atoms with E-state index in [0.717, 1.165) is 10.1 Å². The van der Waals surface area contributed by atoms with E-state index in [1.807, 2.05) is 17.1 Å². The first-order chi connectivity index (χ1) is 15.2. The fraction of sp³-hybridized carbons (Fsp3) is 0.435.